The number of halogens is 1. The second-order valence-corrected chi connectivity index (χ2v) is 8.12. The average molecular weight is 416 g/mol. The zero-order valence-electron chi connectivity index (χ0n) is 15.5. The lowest BCUT2D eigenvalue weighted by atomic mass is 10.2. The summed E-state index contributed by atoms with van der Waals surface area (Å²) in [6.45, 7) is 4.74. The van der Waals surface area contributed by atoms with Gasteiger partial charge in [-0.15, -0.1) is 0 Å². The second kappa shape index (κ2) is 9.09. The molecule has 1 aromatic heterocycles. The fraction of sp³-hybridized carbons (Fsp3) is 0.333. The highest BCUT2D eigenvalue weighted by molar-refractivity contribution is 7.98. The Morgan fingerprint density at radius 2 is 1.89 bits per heavy atom. The molecule has 0 radical (unpaired) electrons. The number of aromatic nitrogens is 2. The highest BCUT2D eigenvalue weighted by atomic mass is 35.5. The summed E-state index contributed by atoms with van der Waals surface area (Å²) < 4.78 is 7.23. The molecule has 28 heavy (non-hydrogen) atoms. The second-order valence-electron chi connectivity index (χ2n) is 6.74. The first-order valence-corrected chi connectivity index (χ1v) is 10.7. The van der Waals surface area contributed by atoms with Gasteiger partial charge in [0.05, 0.1) is 24.1 Å². The van der Waals surface area contributed by atoms with E-state index in [0.717, 1.165) is 49.1 Å². The van der Waals surface area contributed by atoms with Gasteiger partial charge >= 0.3 is 0 Å². The molecule has 4 rings (SSSR count). The molecule has 2 aromatic carbocycles. The van der Waals surface area contributed by atoms with E-state index in [1.54, 1.807) is 11.8 Å². The van der Waals surface area contributed by atoms with E-state index in [1.165, 1.54) is 0 Å². The average Bonchev–Trinajstić information content (AvgIpc) is 2.72. The number of benzene rings is 2. The van der Waals surface area contributed by atoms with Crippen LogP contribution in [0.4, 0.5) is 0 Å². The smallest absolute Gasteiger partial charge is 0.262 e. The summed E-state index contributed by atoms with van der Waals surface area (Å²) in [5, 5.41) is 2.13. The molecule has 0 spiro atoms. The summed E-state index contributed by atoms with van der Waals surface area (Å²) in [5.41, 5.74) is 1.87. The SMILES string of the molecule is O=c1c2ccccc2nc(SCc2cccc(Cl)c2)n1CCN1CCOCC1. The number of ether oxygens (including phenoxy) is 1. The Labute approximate surface area is 173 Å². The number of hydrogen-bond donors (Lipinski definition) is 0. The summed E-state index contributed by atoms with van der Waals surface area (Å²) in [4.78, 5) is 20.2. The van der Waals surface area contributed by atoms with Gasteiger partial charge in [-0.3, -0.25) is 14.3 Å². The third kappa shape index (κ3) is 4.58. The summed E-state index contributed by atoms with van der Waals surface area (Å²) in [6.07, 6.45) is 0. The molecule has 2 heterocycles. The Bertz CT molecular complexity index is 1020. The van der Waals surface area contributed by atoms with Crippen molar-refractivity contribution < 1.29 is 4.74 Å². The van der Waals surface area contributed by atoms with Crippen molar-refractivity contribution in [1.29, 1.82) is 0 Å². The van der Waals surface area contributed by atoms with Crippen molar-refractivity contribution in [3.63, 3.8) is 0 Å². The summed E-state index contributed by atoms with van der Waals surface area (Å²) in [6, 6.07) is 15.3. The highest BCUT2D eigenvalue weighted by Gasteiger charge is 2.15. The van der Waals surface area contributed by atoms with Crippen molar-refractivity contribution >= 4 is 34.3 Å². The van der Waals surface area contributed by atoms with Crippen LogP contribution < -0.4 is 5.56 Å². The minimum Gasteiger partial charge on any atom is -0.379 e. The lowest BCUT2D eigenvalue weighted by Crippen LogP contribution is -2.39. The standard InChI is InChI=1S/C21H22ClN3O2S/c22-17-5-3-4-16(14-17)15-28-21-23-19-7-2-1-6-18(19)20(26)25(21)9-8-24-10-12-27-13-11-24/h1-7,14H,8-13,15H2. The minimum absolute atomic E-state index is 0.0208. The topological polar surface area (TPSA) is 47.4 Å². The van der Waals surface area contributed by atoms with Crippen LogP contribution in [0.3, 0.4) is 0 Å². The molecule has 1 aliphatic rings. The lowest BCUT2D eigenvalue weighted by Gasteiger charge is -2.27. The molecule has 1 aliphatic heterocycles. The lowest BCUT2D eigenvalue weighted by molar-refractivity contribution is 0.0359. The molecule has 0 atom stereocenters. The molecule has 0 amide bonds. The molecule has 0 saturated carbocycles. The monoisotopic (exact) mass is 415 g/mol. The maximum Gasteiger partial charge on any atom is 0.262 e. The number of rotatable bonds is 6. The Hall–Kier alpha value is -1.86. The van der Waals surface area contributed by atoms with Gasteiger partial charge in [-0.25, -0.2) is 4.98 Å². The van der Waals surface area contributed by atoms with Crippen molar-refractivity contribution in [1.82, 2.24) is 14.5 Å². The van der Waals surface area contributed by atoms with E-state index in [-0.39, 0.29) is 5.56 Å². The first-order chi connectivity index (χ1) is 13.7. The first kappa shape index (κ1) is 19.5. The predicted octanol–water partition coefficient (Wildman–Crippen LogP) is 3.67. The number of thioether (sulfide) groups is 1. The molecule has 0 unspecified atom stereocenters. The van der Waals surface area contributed by atoms with E-state index in [9.17, 15) is 4.79 Å². The molecule has 0 N–H and O–H groups in total. The Balaban J connectivity index is 1.61. The Kier molecular flexibility index (Phi) is 6.32. The molecule has 5 nitrogen and oxygen atoms in total. The van der Waals surface area contributed by atoms with Gasteiger partial charge in [0, 0.05) is 37.0 Å². The van der Waals surface area contributed by atoms with Gasteiger partial charge in [0.25, 0.3) is 5.56 Å². The van der Waals surface area contributed by atoms with E-state index in [4.69, 9.17) is 21.3 Å². The first-order valence-electron chi connectivity index (χ1n) is 9.37. The van der Waals surface area contributed by atoms with Crippen LogP contribution in [-0.2, 0) is 17.0 Å². The zero-order chi connectivity index (χ0) is 19.3. The van der Waals surface area contributed by atoms with Gasteiger partial charge in [0.1, 0.15) is 0 Å². The minimum atomic E-state index is 0.0208. The maximum atomic E-state index is 13.1. The third-order valence-electron chi connectivity index (χ3n) is 4.83. The van der Waals surface area contributed by atoms with Gasteiger partial charge < -0.3 is 4.74 Å². The Morgan fingerprint density at radius 3 is 2.71 bits per heavy atom. The van der Waals surface area contributed by atoms with Crippen LogP contribution in [0.15, 0.2) is 58.5 Å². The number of nitrogens with zero attached hydrogens (tertiary/aromatic N) is 3. The van der Waals surface area contributed by atoms with E-state index in [0.29, 0.717) is 22.7 Å². The number of fused-ring (bicyclic) bond motifs is 1. The quantitative estimate of drug-likeness (QED) is 0.454. The molecule has 146 valence electrons. The number of morpholine rings is 1. The molecule has 1 fully saturated rings. The van der Waals surface area contributed by atoms with Crippen LogP contribution in [-0.4, -0.2) is 47.3 Å². The molecule has 3 aromatic rings. The van der Waals surface area contributed by atoms with Crippen molar-refractivity contribution in [3.8, 4) is 0 Å². The molecule has 0 bridgehead atoms. The molecular formula is C21H22ClN3O2S. The van der Waals surface area contributed by atoms with Crippen molar-refractivity contribution in [3.05, 3.63) is 69.5 Å². The van der Waals surface area contributed by atoms with Crippen LogP contribution in [0.2, 0.25) is 5.02 Å². The maximum absolute atomic E-state index is 13.1. The predicted molar refractivity (Wildman–Crippen MR) is 114 cm³/mol. The van der Waals surface area contributed by atoms with E-state index < -0.39 is 0 Å². The van der Waals surface area contributed by atoms with E-state index in [2.05, 4.69) is 4.90 Å². The fourth-order valence-electron chi connectivity index (χ4n) is 3.30. The Morgan fingerprint density at radius 1 is 1.07 bits per heavy atom. The van der Waals surface area contributed by atoms with E-state index in [1.807, 2.05) is 53.1 Å². The van der Waals surface area contributed by atoms with Gasteiger partial charge in [-0.1, -0.05) is 47.6 Å². The van der Waals surface area contributed by atoms with Crippen molar-refractivity contribution in [2.75, 3.05) is 32.8 Å². The van der Waals surface area contributed by atoms with Crippen LogP contribution in [0.5, 0.6) is 0 Å². The van der Waals surface area contributed by atoms with Crippen LogP contribution >= 0.6 is 23.4 Å². The van der Waals surface area contributed by atoms with Crippen LogP contribution in [0.25, 0.3) is 10.9 Å². The number of hydrogen-bond acceptors (Lipinski definition) is 5. The van der Waals surface area contributed by atoms with Gasteiger partial charge in [-0.05, 0) is 29.8 Å². The van der Waals surface area contributed by atoms with Crippen molar-refractivity contribution in [2.24, 2.45) is 0 Å². The molecule has 1 saturated heterocycles. The molecular weight excluding hydrogens is 394 g/mol. The molecule has 0 aliphatic carbocycles. The normalized spacial score (nSPS) is 15.2. The highest BCUT2D eigenvalue weighted by Crippen LogP contribution is 2.23. The summed E-state index contributed by atoms with van der Waals surface area (Å²) in [5.74, 6) is 0.711. The van der Waals surface area contributed by atoms with Gasteiger partial charge in [0.2, 0.25) is 0 Å². The third-order valence-corrected chi connectivity index (χ3v) is 6.11. The summed E-state index contributed by atoms with van der Waals surface area (Å²) in [7, 11) is 0. The number of para-hydroxylation sites is 1. The van der Waals surface area contributed by atoms with Crippen molar-refractivity contribution in [2.45, 2.75) is 17.5 Å². The zero-order valence-corrected chi connectivity index (χ0v) is 17.1. The fourth-order valence-corrected chi connectivity index (χ4v) is 4.48. The molecule has 7 heteroatoms. The largest absolute Gasteiger partial charge is 0.379 e. The van der Waals surface area contributed by atoms with Crippen LogP contribution in [0, 0.1) is 0 Å². The van der Waals surface area contributed by atoms with Gasteiger partial charge in [-0.2, -0.15) is 0 Å². The van der Waals surface area contributed by atoms with E-state index >= 15 is 0 Å². The summed E-state index contributed by atoms with van der Waals surface area (Å²) >= 11 is 7.68. The van der Waals surface area contributed by atoms with Gasteiger partial charge in [0.15, 0.2) is 5.16 Å². The van der Waals surface area contributed by atoms with Crippen LogP contribution in [0.1, 0.15) is 5.56 Å².